The van der Waals surface area contributed by atoms with Crippen LogP contribution in [0.3, 0.4) is 0 Å². The zero-order valence-electron chi connectivity index (χ0n) is 14.9. The van der Waals surface area contributed by atoms with Gasteiger partial charge >= 0.3 is 5.91 Å². The third-order valence-electron chi connectivity index (χ3n) is 3.96. The molecule has 0 aliphatic rings. The van der Waals surface area contributed by atoms with Crippen molar-refractivity contribution in [2.45, 2.75) is 16.7 Å². The SMILES string of the molecule is Cc1ccc(-c2ccc(C(=O)NS(=O)(=O)c3ccccc3S(N)(=O)=O)o2)cc1Cl. The molecule has 1 heterocycles. The highest BCUT2D eigenvalue weighted by Gasteiger charge is 2.27. The number of hydrogen-bond acceptors (Lipinski definition) is 6. The lowest BCUT2D eigenvalue weighted by molar-refractivity contribution is 0.0955. The number of carbonyl (C=O) groups excluding carboxylic acids is 1. The summed E-state index contributed by atoms with van der Waals surface area (Å²) in [6.07, 6.45) is 0. The molecule has 3 aromatic rings. The molecule has 8 nitrogen and oxygen atoms in total. The van der Waals surface area contributed by atoms with E-state index in [1.54, 1.807) is 22.9 Å². The Labute approximate surface area is 172 Å². The van der Waals surface area contributed by atoms with Crippen molar-refractivity contribution in [3.05, 3.63) is 70.9 Å². The molecule has 0 aliphatic heterocycles. The van der Waals surface area contributed by atoms with Crippen molar-refractivity contribution in [3.63, 3.8) is 0 Å². The van der Waals surface area contributed by atoms with E-state index in [0.29, 0.717) is 16.3 Å². The summed E-state index contributed by atoms with van der Waals surface area (Å²) in [6, 6.07) is 12.6. The molecule has 29 heavy (non-hydrogen) atoms. The Morgan fingerprint density at radius 3 is 2.28 bits per heavy atom. The maximum Gasteiger partial charge on any atom is 0.300 e. The molecule has 0 fully saturated rings. The number of hydrogen-bond donors (Lipinski definition) is 2. The number of rotatable bonds is 5. The van der Waals surface area contributed by atoms with E-state index in [0.717, 1.165) is 17.7 Å². The quantitative estimate of drug-likeness (QED) is 0.608. The summed E-state index contributed by atoms with van der Waals surface area (Å²) >= 11 is 6.08. The van der Waals surface area contributed by atoms with Crippen molar-refractivity contribution >= 4 is 37.6 Å². The van der Waals surface area contributed by atoms with Gasteiger partial charge in [-0.1, -0.05) is 35.9 Å². The van der Waals surface area contributed by atoms with Crippen LogP contribution in [0.2, 0.25) is 5.02 Å². The van der Waals surface area contributed by atoms with E-state index in [2.05, 4.69) is 0 Å². The summed E-state index contributed by atoms with van der Waals surface area (Å²) in [5.74, 6) is -1.05. The van der Waals surface area contributed by atoms with Crippen LogP contribution in [-0.4, -0.2) is 22.7 Å². The van der Waals surface area contributed by atoms with Gasteiger partial charge in [-0.25, -0.2) is 26.7 Å². The highest BCUT2D eigenvalue weighted by molar-refractivity contribution is 7.92. The van der Waals surface area contributed by atoms with Gasteiger partial charge in [-0.15, -0.1) is 0 Å². The van der Waals surface area contributed by atoms with Crippen LogP contribution < -0.4 is 9.86 Å². The van der Waals surface area contributed by atoms with Gasteiger partial charge in [-0.3, -0.25) is 4.79 Å². The molecule has 0 radical (unpaired) electrons. The molecular weight excluding hydrogens is 440 g/mol. The van der Waals surface area contributed by atoms with Crippen molar-refractivity contribution in [3.8, 4) is 11.3 Å². The summed E-state index contributed by atoms with van der Waals surface area (Å²) < 4.78 is 55.5. The molecule has 0 spiro atoms. The van der Waals surface area contributed by atoms with Crippen LogP contribution in [0.15, 0.2) is 68.8 Å². The summed E-state index contributed by atoms with van der Waals surface area (Å²) in [7, 11) is -8.85. The molecule has 0 saturated heterocycles. The Morgan fingerprint density at radius 2 is 1.66 bits per heavy atom. The number of furan rings is 1. The predicted octanol–water partition coefficient (Wildman–Crippen LogP) is 2.67. The second-order valence-electron chi connectivity index (χ2n) is 6.05. The van der Waals surface area contributed by atoms with Crippen LogP contribution in [0.4, 0.5) is 0 Å². The van der Waals surface area contributed by atoms with Gasteiger partial charge in [0.15, 0.2) is 5.76 Å². The number of carbonyl (C=O) groups is 1. The lowest BCUT2D eigenvalue weighted by Crippen LogP contribution is -2.31. The Morgan fingerprint density at radius 1 is 1.00 bits per heavy atom. The fraction of sp³-hybridized carbons (Fsp3) is 0.0556. The zero-order chi connectivity index (χ0) is 21.4. The van der Waals surface area contributed by atoms with Crippen LogP contribution >= 0.6 is 11.6 Å². The molecule has 3 rings (SSSR count). The summed E-state index contributed by atoms with van der Waals surface area (Å²) in [6.45, 7) is 1.83. The van der Waals surface area contributed by atoms with Crippen molar-refractivity contribution in [2.75, 3.05) is 0 Å². The van der Waals surface area contributed by atoms with Gasteiger partial charge in [0.1, 0.15) is 15.6 Å². The molecule has 1 amide bonds. The van der Waals surface area contributed by atoms with E-state index >= 15 is 0 Å². The minimum atomic E-state index is -4.53. The van der Waals surface area contributed by atoms with E-state index in [-0.39, 0.29) is 5.76 Å². The van der Waals surface area contributed by atoms with E-state index in [4.69, 9.17) is 21.2 Å². The molecule has 2 aromatic carbocycles. The number of amides is 1. The highest BCUT2D eigenvalue weighted by atomic mass is 35.5. The number of aryl methyl sites for hydroxylation is 1. The minimum absolute atomic E-state index is 0.284. The molecule has 0 unspecified atom stereocenters. The first-order valence-electron chi connectivity index (χ1n) is 8.04. The second-order valence-corrected chi connectivity index (χ2v) is 9.64. The maximum absolute atomic E-state index is 12.5. The van der Waals surface area contributed by atoms with E-state index < -0.39 is 35.7 Å². The zero-order valence-corrected chi connectivity index (χ0v) is 17.3. The van der Waals surface area contributed by atoms with Crippen LogP contribution in [0.5, 0.6) is 0 Å². The van der Waals surface area contributed by atoms with E-state index in [1.807, 2.05) is 6.92 Å². The first kappa shape index (κ1) is 21.1. The van der Waals surface area contributed by atoms with Gasteiger partial charge in [-0.05, 0) is 42.8 Å². The molecule has 3 N–H and O–H groups in total. The van der Waals surface area contributed by atoms with Crippen LogP contribution in [0.1, 0.15) is 16.1 Å². The topological polar surface area (TPSA) is 137 Å². The third kappa shape index (κ3) is 4.51. The third-order valence-corrected chi connectivity index (χ3v) is 6.85. The number of sulfonamides is 2. The molecule has 0 bridgehead atoms. The van der Waals surface area contributed by atoms with Crippen molar-refractivity contribution < 1.29 is 26.0 Å². The monoisotopic (exact) mass is 454 g/mol. The van der Waals surface area contributed by atoms with Crippen LogP contribution in [0.25, 0.3) is 11.3 Å². The van der Waals surface area contributed by atoms with Gasteiger partial charge < -0.3 is 4.42 Å². The molecule has 152 valence electrons. The first-order chi connectivity index (χ1) is 13.5. The molecule has 11 heteroatoms. The van der Waals surface area contributed by atoms with Gasteiger partial charge in [0.2, 0.25) is 10.0 Å². The number of primary sulfonamides is 1. The van der Waals surface area contributed by atoms with Crippen LogP contribution in [-0.2, 0) is 20.0 Å². The number of nitrogens with two attached hydrogens (primary N) is 1. The van der Waals surface area contributed by atoms with Gasteiger partial charge in [0, 0.05) is 10.6 Å². The normalized spacial score (nSPS) is 12.0. The molecule has 0 saturated carbocycles. The van der Waals surface area contributed by atoms with Gasteiger partial charge in [0.25, 0.3) is 10.0 Å². The van der Waals surface area contributed by atoms with E-state index in [9.17, 15) is 21.6 Å². The summed E-state index contributed by atoms with van der Waals surface area (Å²) in [5.41, 5.74) is 1.46. The maximum atomic E-state index is 12.5. The fourth-order valence-electron chi connectivity index (χ4n) is 2.50. The molecule has 0 aliphatic carbocycles. The predicted molar refractivity (Wildman–Crippen MR) is 106 cm³/mol. The average molecular weight is 455 g/mol. The Bertz CT molecular complexity index is 1310. The first-order valence-corrected chi connectivity index (χ1v) is 11.4. The largest absolute Gasteiger partial charge is 0.451 e. The smallest absolute Gasteiger partial charge is 0.300 e. The van der Waals surface area contributed by atoms with Crippen molar-refractivity contribution in [1.29, 1.82) is 0 Å². The van der Waals surface area contributed by atoms with Gasteiger partial charge in [-0.2, -0.15) is 0 Å². The summed E-state index contributed by atoms with van der Waals surface area (Å²) in [5, 5.41) is 5.56. The fourth-order valence-corrected chi connectivity index (χ4v) is 5.02. The second kappa shape index (κ2) is 7.64. The van der Waals surface area contributed by atoms with Gasteiger partial charge in [0.05, 0.1) is 0 Å². The molecule has 0 atom stereocenters. The van der Waals surface area contributed by atoms with E-state index in [1.165, 1.54) is 24.3 Å². The lowest BCUT2D eigenvalue weighted by atomic mass is 10.1. The Balaban J connectivity index is 1.90. The molecular formula is C18H15ClN2O6S2. The lowest BCUT2D eigenvalue weighted by Gasteiger charge is -2.09. The van der Waals surface area contributed by atoms with Crippen molar-refractivity contribution in [1.82, 2.24) is 4.72 Å². The number of benzene rings is 2. The van der Waals surface area contributed by atoms with Crippen molar-refractivity contribution in [2.24, 2.45) is 5.14 Å². The van der Waals surface area contributed by atoms with Crippen LogP contribution in [0, 0.1) is 6.92 Å². The highest BCUT2D eigenvalue weighted by Crippen LogP contribution is 2.27. The number of nitrogens with one attached hydrogen (secondary N) is 1. The number of halogens is 1. The standard InChI is InChI=1S/C18H15ClN2O6S2/c1-11-6-7-12(10-13(11)19)14-8-9-15(27-14)18(22)21-29(25,26)17-5-3-2-4-16(17)28(20,23)24/h2-10H,1H3,(H,21,22)(H2,20,23,24). The average Bonchev–Trinajstić information content (AvgIpc) is 3.13. The Hall–Kier alpha value is -2.66. The minimum Gasteiger partial charge on any atom is -0.451 e. The Kier molecular flexibility index (Phi) is 5.54. The summed E-state index contributed by atoms with van der Waals surface area (Å²) in [4.78, 5) is 11.1. The molecule has 1 aromatic heterocycles.